The first kappa shape index (κ1) is 16.0. The van der Waals surface area contributed by atoms with Gasteiger partial charge in [0.25, 0.3) is 0 Å². The molecule has 0 bridgehead atoms. The summed E-state index contributed by atoms with van der Waals surface area (Å²) in [6, 6.07) is 10.3. The predicted octanol–water partition coefficient (Wildman–Crippen LogP) is 1.26. The maximum Gasteiger partial charge on any atom is 0.0967 e. The molecule has 0 N–H and O–H groups in total. The van der Waals surface area contributed by atoms with Gasteiger partial charge in [0.2, 0.25) is 0 Å². The number of hydrogen-bond acceptors (Lipinski definition) is 5. The number of likely N-dealkylation sites (N-methyl/N-ethyl adjacent to an activating group) is 1. The molecule has 3 aromatic rings. The van der Waals surface area contributed by atoms with E-state index in [-0.39, 0.29) is 0 Å². The minimum atomic E-state index is 0.713. The standard InChI is InChI=1S/C18H23N7/c1-22-8-10-23(11-9-22)14-17-15-24(21-20-17)13-16-4-2-5-18(12-16)25-7-3-6-19-25/h2-7,12,15H,8-11,13-14H2,1H3. The van der Waals surface area contributed by atoms with E-state index in [2.05, 4.69) is 62.7 Å². The van der Waals surface area contributed by atoms with Crippen LogP contribution in [0.1, 0.15) is 11.3 Å². The summed E-state index contributed by atoms with van der Waals surface area (Å²) in [6.45, 7) is 6.01. The molecule has 0 atom stereocenters. The third-order valence-corrected chi connectivity index (χ3v) is 4.59. The van der Waals surface area contributed by atoms with Gasteiger partial charge in [0.1, 0.15) is 0 Å². The number of piperazine rings is 1. The van der Waals surface area contributed by atoms with Crippen LogP contribution in [-0.2, 0) is 13.1 Å². The zero-order chi connectivity index (χ0) is 17.1. The molecule has 0 aliphatic carbocycles. The van der Waals surface area contributed by atoms with Crippen LogP contribution < -0.4 is 0 Å². The van der Waals surface area contributed by atoms with E-state index in [4.69, 9.17) is 0 Å². The monoisotopic (exact) mass is 337 g/mol. The summed E-state index contributed by atoms with van der Waals surface area (Å²) < 4.78 is 3.78. The van der Waals surface area contributed by atoms with Crippen molar-refractivity contribution in [2.45, 2.75) is 13.1 Å². The van der Waals surface area contributed by atoms with Gasteiger partial charge in [0.15, 0.2) is 0 Å². The molecule has 7 nitrogen and oxygen atoms in total. The third kappa shape index (κ3) is 3.94. The molecular formula is C18H23N7. The van der Waals surface area contributed by atoms with Crippen LogP contribution >= 0.6 is 0 Å². The fraction of sp³-hybridized carbons (Fsp3) is 0.389. The second-order valence-corrected chi connectivity index (χ2v) is 6.61. The highest BCUT2D eigenvalue weighted by molar-refractivity contribution is 5.35. The zero-order valence-electron chi connectivity index (χ0n) is 14.5. The number of hydrogen-bond donors (Lipinski definition) is 0. The maximum atomic E-state index is 4.34. The van der Waals surface area contributed by atoms with Crippen LogP contribution in [0.3, 0.4) is 0 Å². The lowest BCUT2D eigenvalue weighted by Crippen LogP contribution is -2.43. The summed E-state index contributed by atoms with van der Waals surface area (Å²) in [5.41, 5.74) is 3.28. The van der Waals surface area contributed by atoms with Crippen molar-refractivity contribution in [2.75, 3.05) is 33.2 Å². The Morgan fingerprint density at radius 1 is 1.04 bits per heavy atom. The Kier molecular flexibility index (Phi) is 4.58. The summed E-state index contributed by atoms with van der Waals surface area (Å²) in [5, 5.41) is 12.9. The van der Waals surface area contributed by atoms with Gasteiger partial charge in [-0.1, -0.05) is 17.3 Å². The van der Waals surface area contributed by atoms with Gasteiger partial charge in [0.05, 0.1) is 24.1 Å². The van der Waals surface area contributed by atoms with Crippen LogP contribution in [0.25, 0.3) is 5.69 Å². The number of benzene rings is 1. The fourth-order valence-electron chi connectivity index (χ4n) is 3.13. The van der Waals surface area contributed by atoms with Crippen molar-refractivity contribution >= 4 is 0 Å². The molecule has 0 saturated carbocycles. The van der Waals surface area contributed by atoms with Crippen molar-refractivity contribution < 1.29 is 0 Å². The average Bonchev–Trinajstić information content (AvgIpc) is 3.30. The van der Waals surface area contributed by atoms with E-state index in [1.165, 1.54) is 5.56 Å². The molecule has 0 radical (unpaired) electrons. The molecule has 2 aromatic heterocycles. The maximum absolute atomic E-state index is 4.34. The molecule has 0 unspecified atom stereocenters. The molecule has 130 valence electrons. The van der Waals surface area contributed by atoms with E-state index in [1.54, 1.807) is 6.20 Å². The lowest BCUT2D eigenvalue weighted by molar-refractivity contribution is 0.147. The lowest BCUT2D eigenvalue weighted by atomic mass is 10.2. The first-order chi connectivity index (χ1) is 12.3. The first-order valence-corrected chi connectivity index (χ1v) is 8.65. The zero-order valence-corrected chi connectivity index (χ0v) is 14.5. The molecule has 1 fully saturated rings. The Hall–Kier alpha value is -2.51. The molecule has 3 heterocycles. The molecule has 4 rings (SSSR count). The van der Waals surface area contributed by atoms with Gasteiger partial charge < -0.3 is 4.90 Å². The van der Waals surface area contributed by atoms with Crippen LogP contribution in [0, 0.1) is 0 Å². The molecule has 1 aliphatic heterocycles. The largest absolute Gasteiger partial charge is 0.304 e. The van der Waals surface area contributed by atoms with Crippen molar-refractivity contribution in [3.63, 3.8) is 0 Å². The Balaban J connectivity index is 1.40. The van der Waals surface area contributed by atoms with Gasteiger partial charge in [-0.05, 0) is 30.8 Å². The third-order valence-electron chi connectivity index (χ3n) is 4.59. The molecule has 1 aromatic carbocycles. The summed E-state index contributed by atoms with van der Waals surface area (Å²) in [6.07, 6.45) is 5.79. The summed E-state index contributed by atoms with van der Waals surface area (Å²) in [5.74, 6) is 0. The molecule has 7 heteroatoms. The Morgan fingerprint density at radius 2 is 1.92 bits per heavy atom. The molecule has 1 saturated heterocycles. The Bertz CT molecular complexity index is 800. The highest BCUT2D eigenvalue weighted by atomic mass is 15.4. The van der Waals surface area contributed by atoms with Crippen molar-refractivity contribution in [3.05, 3.63) is 60.2 Å². The summed E-state index contributed by atoms with van der Waals surface area (Å²) in [7, 11) is 2.17. The van der Waals surface area contributed by atoms with E-state index < -0.39 is 0 Å². The Labute approximate surface area is 147 Å². The van der Waals surface area contributed by atoms with Gasteiger partial charge in [-0.2, -0.15) is 5.10 Å². The minimum Gasteiger partial charge on any atom is -0.304 e. The quantitative estimate of drug-likeness (QED) is 0.702. The highest BCUT2D eigenvalue weighted by Crippen LogP contribution is 2.11. The highest BCUT2D eigenvalue weighted by Gasteiger charge is 2.15. The van der Waals surface area contributed by atoms with E-state index >= 15 is 0 Å². The van der Waals surface area contributed by atoms with Gasteiger partial charge in [-0.3, -0.25) is 4.90 Å². The average molecular weight is 337 g/mol. The van der Waals surface area contributed by atoms with E-state index in [0.29, 0.717) is 6.54 Å². The van der Waals surface area contributed by atoms with Crippen LogP contribution in [0.4, 0.5) is 0 Å². The number of aromatic nitrogens is 5. The molecule has 0 amide bonds. The second-order valence-electron chi connectivity index (χ2n) is 6.61. The van der Waals surface area contributed by atoms with Gasteiger partial charge in [-0.25, -0.2) is 9.36 Å². The predicted molar refractivity (Wildman–Crippen MR) is 95.5 cm³/mol. The molecule has 1 aliphatic rings. The fourth-order valence-corrected chi connectivity index (χ4v) is 3.13. The second kappa shape index (κ2) is 7.16. The minimum absolute atomic E-state index is 0.713. The topological polar surface area (TPSA) is 55.0 Å². The smallest absolute Gasteiger partial charge is 0.0967 e. The van der Waals surface area contributed by atoms with E-state index in [0.717, 1.165) is 44.1 Å². The molecular weight excluding hydrogens is 314 g/mol. The van der Waals surface area contributed by atoms with Crippen molar-refractivity contribution in [1.29, 1.82) is 0 Å². The number of nitrogens with zero attached hydrogens (tertiary/aromatic N) is 7. The van der Waals surface area contributed by atoms with Crippen molar-refractivity contribution in [3.8, 4) is 5.69 Å². The van der Waals surface area contributed by atoms with Gasteiger partial charge >= 0.3 is 0 Å². The molecule has 25 heavy (non-hydrogen) atoms. The molecule has 0 spiro atoms. The van der Waals surface area contributed by atoms with E-state index in [1.807, 2.05) is 21.6 Å². The van der Waals surface area contributed by atoms with E-state index in [9.17, 15) is 0 Å². The van der Waals surface area contributed by atoms with Crippen molar-refractivity contribution in [1.82, 2.24) is 34.6 Å². The van der Waals surface area contributed by atoms with Crippen molar-refractivity contribution in [2.24, 2.45) is 0 Å². The number of rotatable bonds is 5. The summed E-state index contributed by atoms with van der Waals surface area (Å²) >= 11 is 0. The van der Waals surface area contributed by atoms with Crippen LogP contribution in [-0.4, -0.2) is 67.8 Å². The van der Waals surface area contributed by atoms with Crippen LogP contribution in [0.5, 0.6) is 0 Å². The van der Waals surface area contributed by atoms with Gasteiger partial charge in [0, 0.05) is 45.1 Å². The normalized spacial score (nSPS) is 16.4. The van der Waals surface area contributed by atoms with Gasteiger partial charge in [-0.15, -0.1) is 5.10 Å². The first-order valence-electron chi connectivity index (χ1n) is 8.65. The SMILES string of the molecule is CN1CCN(Cc2cn(Cc3cccc(-n4cccn4)c3)nn2)CC1. The summed E-state index contributed by atoms with van der Waals surface area (Å²) in [4.78, 5) is 4.80. The Morgan fingerprint density at radius 3 is 2.72 bits per heavy atom. The van der Waals surface area contributed by atoms with Crippen LogP contribution in [0.2, 0.25) is 0 Å². The van der Waals surface area contributed by atoms with Crippen LogP contribution in [0.15, 0.2) is 48.9 Å². The lowest BCUT2D eigenvalue weighted by Gasteiger charge is -2.31.